The zero-order chi connectivity index (χ0) is 23.7. The molecule has 1 unspecified atom stereocenters. The van der Waals surface area contributed by atoms with Crippen molar-refractivity contribution in [1.29, 1.82) is 5.26 Å². The summed E-state index contributed by atoms with van der Waals surface area (Å²) in [7, 11) is 0. The summed E-state index contributed by atoms with van der Waals surface area (Å²) in [6.45, 7) is 0. The lowest BCUT2D eigenvalue weighted by Crippen LogP contribution is -2.48. The van der Waals surface area contributed by atoms with E-state index < -0.39 is 35.4 Å². The van der Waals surface area contributed by atoms with E-state index in [2.05, 4.69) is 5.32 Å². The van der Waals surface area contributed by atoms with Crippen LogP contribution in [0.1, 0.15) is 31.8 Å². The van der Waals surface area contributed by atoms with Crippen molar-refractivity contribution in [1.82, 2.24) is 4.90 Å². The average molecular weight is 466 g/mol. The van der Waals surface area contributed by atoms with Gasteiger partial charge in [0.05, 0.1) is 21.7 Å². The number of amides is 3. The zero-order valence-electron chi connectivity index (χ0n) is 16.8. The number of hydrogen-bond donors (Lipinski definition) is 1. The number of nitrogens with one attached hydrogen (secondary N) is 1. The van der Waals surface area contributed by atoms with Crippen LogP contribution in [-0.4, -0.2) is 28.7 Å². The molecule has 0 spiro atoms. The molecule has 164 valence electrons. The van der Waals surface area contributed by atoms with Crippen molar-refractivity contribution in [3.05, 3.63) is 99.6 Å². The smallest absolute Gasteiger partial charge is 0.262 e. The van der Waals surface area contributed by atoms with E-state index in [1.165, 1.54) is 30.3 Å². The second kappa shape index (κ2) is 8.81. The Balaban J connectivity index is 1.72. The number of imide groups is 1. The summed E-state index contributed by atoms with van der Waals surface area (Å²) in [5.41, 5.74) is 0.651. The van der Waals surface area contributed by atoms with Crippen molar-refractivity contribution in [2.75, 3.05) is 5.32 Å². The average Bonchev–Trinajstić information content (AvgIpc) is 3.03. The monoisotopic (exact) mass is 465 g/mol. The molecule has 0 aliphatic carbocycles. The fraction of sp³-hybridized carbons (Fsp3) is 0.0833. The molecule has 3 aromatic rings. The number of fused-ring (bicyclic) bond motifs is 1. The van der Waals surface area contributed by atoms with Crippen molar-refractivity contribution < 1.29 is 23.2 Å². The van der Waals surface area contributed by atoms with E-state index in [0.29, 0.717) is 6.07 Å². The van der Waals surface area contributed by atoms with Gasteiger partial charge in [0.25, 0.3) is 11.8 Å². The fourth-order valence-corrected chi connectivity index (χ4v) is 3.82. The number of rotatable bonds is 5. The van der Waals surface area contributed by atoms with Crippen LogP contribution in [0, 0.1) is 23.0 Å². The van der Waals surface area contributed by atoms with Gasteiger partial charge in [0, 0.05) is 18.2 Å². The maximum absolute atomic E-state index is 13.8. The topological polar surface area (TPSA) is 90.3 Å². The van der Waals surface area contributed by atoms with Gasteiger partial charge in [-0.3, -0.25) is 19.3 Å². The minimum Gasteiger partial charge on any atom is -0.324 e. The van der Waals surface area contributed by atoms with E-state index >= 15 is 0 Å². The Morgan fingerprint density at radius 3 is 2.18 bits per heavy atom. The van der Waals surface area contributed by atoms with Gasteiger partial charge < -0.3 is 5.32 Å². The zero-order valence-corrected chi connectivity index (χ0v) is 17.6. The molecule has 0 saturated carbocycles. The lowest BCUT2D eigenvalue weighted by Gasteiger charge is -2.25. The molecule has 1 aliphatic rings. The van der Waals surface area contributed by atoms with Crippen LogP contribution in [0.2, 0.25) is 5.02 Å². The fourth-order valence-electron chi connectivity index (χ4n) is 3.66. The molecule has 6 nitrogen and oxygen atoms in total. The molecule has 1 aliphatic heterocycles. The Hall–Kier alpha value is -4.09. The Morgan fingerprint density at radius 2 is 1.61 bits per heavy atom. The van der Waals surface area contributed by atoms with E-state index in [9.17, 15) is 23.2 Å². The summed E-state index contributed by atoms with van der Waals surface area (Å²) in [6, 6.07) is 13.5. The number of carbonyl (C=O) groups excluding carboxylic acids is 3. The second-order valence-corrected chi connectivity index (χ2v) is 7.73. The minimum absolute atomic E-state index is 0.0815. The molecule has 4 rings (SSSR count). The molecule has 0 fully saturated rings. The Kier molecular flexibility index (Phi) is 5.90. The van der Waals surface area contributed by atoms with Crippen molar-refractivity contribution in [2.45, 2.75) is 12.5 Å². The standard InChI is InChI=1S/C24H14ClF2N3O3/c25-20-6-5-17(10-14(20)12-28)29-22(31)21(9-13-7-15(26)11-16(27)8-13)30-23(32)18-3-1-2-4-19(18)24(30)33/h1-8,10-11,21H,9H2,(H,29,31). The largest absolute Gasteiger partial charge is 0.324 e. The SMILES string of the molecule is N#Cc1cc(NC(=O)C(Cc2cc(F)cc(F)c2)N2C(=O)c3ccccc3C2=O)ccc1Cl. The summed E-state index contributed by atoms with van der Waals surface area (Å²) in [4.78, 5) is 40.0. The molecule has 0 aromatic heterocycles. The van der Waals surface area contributed by atoms with Gasteiger partial charge in [-0.25, -0.2) is 8.78 Å². The molecular formula is C24H14ClF2N3O3. The molecule has 3 amide bonds. The minimum atomic E-state index is -1.42. The third-order valence-electron chi connectivity index (χ3n) is 5.15. The molecule has 0 bridgehead atoms. The molecule has 0 radical (unpaired) electrons. The van der Waals surface area contributed by atoms with E-state index in [-0.39, 0.29) is 39.4 Å². The molecule has 0 saturated heterocycles. The first-order chi connectivity index (χ1) is 15.8. The number of anilines is 1. The van der Waals surface area contributed by atoms with Gasteiger partial charge in [-0.05, 0) is 48.0 Å². The first kappa shape index (κ1) is 22.1. The van der Waals surface area contributed by atoms with Crippen LogP contribution in [0.4, 0.5) is 14.5 Å². The number of hydrogen-bond acceptors (Lipinski definition) is 4. The van der Waals surface area contributed by atoms with Crippen LogP contribution in [0.25, 0.3) is 0 Å². The van der Waals surface area contributed by atoms with Gasteiger partial charge in [-0.1, -0.05) is 23.7 Å². The van der Waals surface area contributed by atoms with Gasteiger partial charge in [0.1, 0.15) is 23.7 Å². The van der Waals surface area contributed by atoms with E-state index in [1.807, 2.05) is 6.07 Å². The summed E-state index contributed by atoms with van der Waals surface area (Å²) >= 11 is 5.92. The maximum Gasteiger partial charge on any atom is 0.262 e. The predicted molar refractivity (Wildman–Crippen MR) is 116 cm³/mol. The molecule has 1 atom stereocenters. The number of nitrogens with zero attached hydrogens (tertiary/aromatic N) is 2. The van der Waals surface area contributed by atoms with Gasteiger partial charge in [0.15, 0.2) is 0 Å². The van der Waals surface area contributed by atoms with Crippen LogP contribution in [0.15, 0.2) is 60.7 Å². The van der Waals surface area contributed by atoms with Gasteiger partial charge in [-0.15, -0.1) is 0 Å². The van der Waals surface area contributed by atoms with Gasteiger partial charge in [0.2, 0.25) is 5.91 Å². The molecule has 9 heteroatoms. The third-order valence-corrected chi connectivity index (χ3v) is 5.48. The maximum atomic E-state index is 13.8. The second-order valence-electron chi connectivity index (χ2n) is 7.32. The number of halogens is 3. The first-order valence-electron chi connectivity index (χ1n) is 9.71. The first-order valence-corrected chi connectivity index (χ1v) is 10.1. The highest BCUT2D eigenvalue weighted by Gasteiger charge is 2.42. The van der Waals surface area contributed by atoms with Crippen LogP contribution in [0.3, 0.4) is 0 Å². The van der Waals surface area contributed by atoms with Crippen molar-refractivity contribution >= 4 is 35.0 Å². The van der Waals surface area contributed by atoms with Crippen molar-refractivity contribution in [2.24, 2.45) is 0 Å². The Labute approximate surface area is 192 Å². The van der Waals surface area contributed by atoms with E-state index in [0.717, 1.165) is 17.0 Å². The normalized spacial score (nSPS) is 13.5. The van der Waals surface area contributed by atoms with Crippen LogP contribution in [0.5, 0.6) is 0 Å². The molecule has 1 N–H and O–H groups in total. The predicted octanol–water partition coefficient (Wildman–Crippen LogP) is 4.34. The van der Waals surface area contributed by atoms with Gasteiger partial charge >= 0.3 is 0 Å². The highest BCUT2D eigenvalue weighted by molar-refractivity contribution is 6.31. The molecule has 33 heavy (non-hydrogen) atoms. The summed E-state index contributed by atoms with van der Waals surface area (Å²) in [5, 5.41) is 11.9. The van der Waals surface area contributed by atoms with E-state index in [1.54, 1.807) is 12.1 Å². The van der Waals surface area contributed by atoms with Crippen molar-refractivity contribution in [3.8, 4) is 6.07 Å². The number of benzene rings is 3. The van der Waals surface area contributed by atoms with E-state index in [4.69, 9.17) is 16.9 Å². The van der Waals surface area contributed by atoms with Crippen LogP contribution >= 0.6 is 11.6 Å². The van der Waals surface area contributed by atoms with Crippen molar-refractivity contribution in [3.63, 3.8) is 0 Å². The quantitative estimate of drug-likeness (QED) is 0.568. The van der Waals surface area contributed by atoms with Crippen LogP contribution in [-0.2, 0) is 11.2 Å². The lowest BCUT2D eigenvalue weighted by atomic mass is 10.0. The number of carbonyl (C=O) groups is 3. The van der Waals surface area contributed by atoms with Crippen LogP contribution < -0.4 is 5.32 Å². The molecule has 3 aromatic carbocycles. The molecule has 1 heterocycles. The lowest BCUT2D eigenvalue weighted by molar-refractivity contribution is -0.119. The van der Waals surface area contributed by atoms with Gasteiger partial charge in [-0.2, -0.15) is 5.26 Å². The summed E-state index contributed by atoms with van der Waals surface area (Å²) < 4.78 is 27.5. The summed E-state index contributed by atoms with van der Waals surface area (Å²) in [6.07, 6.45) is -0.329. The summed E-state index contributed by atoms with van der Waals surface area (Å²) in [5.74, 6) is -3.88. The highest BCUT2D eigenvalue weighted by atomic mass is 35.5. The Morgan fingerprint density at radius 1 is 1.00 bits per heavy atom. The Bertz CT molecular complexity index is 1300. The molecular weight excluding hydrogens is 452 g/mol. The third kappa shape index (κ3) is 4.31. The number of nitriles is 1. The highest BCUT2D eigenvalue weighted by Crippen LogP contribution is 2.27.